The van der Waals surface area contributed by atoms with E-state index < -0.39 is 0 Å². The first-order valence-electron chi connectivity index (χ1n) is 6.74. The molecule has 3 nitrogen and oxygen atoms in total. The van der Waals surface area contributed by atoms with E-state index >= 15 is 0 Å². The van der Waals surface area contributed by atoms with Crippen LogP contribution in [0.4, 0.5) is 0 Å². The zero-order chi connectivity index (χ0) is 14.9. The molecule has 0 aromatic heterocycles. The Kier molecular flexibility index (Phi) is 5.61. The topological polar surface area (TPSA) is 49.7 Å². The van der Waals surface area contributed by atoms with E-state index in [2.05, 4.69) is 0 Å². The molecule has 0 amide bonds. The van der Waals surface area contributed by atoms with E-state index in [1.165, 1.54) is 0 Å². The van der Waals surface area contributed by atoms with Crippen LogP contribution in [0.5, 0.6) is 0 Å². The molecule has 0 atom stereocenters. The van der Waals surface area contributed by atoms with Gasteiger partial charge in [0.2, 0.25) is 0 Å². The van der Waals surface area contributed by atoms with E-state index in [9.17, 15) is 10.2 Å². The minimum absolute atomic E-state index is 0.187. The van der Waals surface area contributed by atoms with Crippen molar-refractivity contribution in [3.05, 3.63) is 83.9 Å². The van der Waals surface area contributed by atoms with Crippen LogP contribution in [0.3, 0.4) is 0 Å². The van der Waals surface area contributed by atoms with E-state index in [4.69, 9.17) is 4.74 Å². The van der Waals surface area contributed by atoms with Gasteiger partial charge in [-0.05, 0) is 12.2 Å². The predicted octanol–water partition coefficient (Wildman–Crippen LogP) is 4.20. The molecule has 0 aliphatic heterocycles. The monoisotopic (exact) mass is 282 g/mol. The second-order valence-corrected chi connectivity index (χ2v) is 4.45. The van der Waals surface area contributed by atoms with Gasteiger partial charge in [0.05, 0.1) is 13.2 Å². The fraction of sp³-hybridized carbons (Fsp3) is 0.111. The average Bonchev–Trinajstić information content (AvgIpc) is 2.55. The molecule has 2 rings (SSSR count). The second-order valence-electron chi connectivity index (χ2n) is 4.45. The molecule has 0 aliphatic carbocycles. The van der Waals surface area contributed by atoms with Crippen molar-refractivity contribution in [2.75, 3.05) is 13.2 Å². The highest BCUT2D eigenvalue weighted by Gasteiger charge is 1.97. The third-order valence-electron chi connectivity index (χ3n) is 2.93. The van der Waals surface area contributed by atoms with Crippen LogP contribution in [-0.4, -0.2) is 23.4 Å². The molecule has 0 saturated carbocycles. The highest BCUT2D eigenvalue weighted by Crippen LogP contribution is 2.11. The van der Waals surface area contributed by atoms with Gasteiger partial charge in [-0.1, -0.05) is 60.7 Å². The van der Waals surface area contributed by atoms with E-state index in [-0.39, 0.29) is 24.7 Å². The first-order chi connectivity index (χ1) is 10.3. The molecular formula is C18H18O3. The summed E-state index contributed by atoms with van der Waals surface area (Å²) in [6, 6.07) is 18.5. The lowest BCUT2D eigenvalue weighted by Crippen LogP contribution is -1.94. The largest absolute Gasteiger partial charge is 0.508 e. The third-order valence-corrected chi connectivity index (χ3v) is 2.93. The predicted molar refractivity (Wildman–Crippen MR) is 84.9 cm³/mol. The number of benzene rings is 2. The van der Waals surface area contributed by atoms with Gasteiger partial charge in [-0.15, -0.1) is 0 Å². The molecule has 2 aromatic carbocycles. The zero-order valence-corrected chi connectivity index (χ0v) is 11.6. The normalized spacial score (nSPS) is 12.4. The Bertz CT molecular complexity index is 545. The maximum atomic E-state index is 9.82. The summed E-state index contributed by atoms with van der Waals surface area (Å²) in [6.45, 7) is 0.554. The van der Waals surface area contributed by atoms with Gasteiger partial charge in [0.15, 0.2) is 0 Å². The summed E-state index contributed by atoms with van der Waals surface area (Å²) in [5.41, 5.74) is 1.51. The van der Waals surface area contributed by atoms with Gasteiger partial charge in [-0.25, -0.2) is 0 Å². The number of hydrogen-bond acceptors (Lipinski definition) is 3. The van der Waals surface area contributed by atoms with Crippen molar-refractivity contribution in [3.8, 4) is 0 Å². The number of rotatable bonds is 6. The van der Waals surface area contributed by atoms with Gasteiger partial charge in [-0.3, -0.25) is 0 Å². The van der Waals surface area contributed by atoms with Gasteiger partial charge in [0.25, 0.3) is 0 Å². The van der Waals surface area contributed by atoms with Crippen molar-refractivity contribution in [1.29, 1.82) is 0 Å². The van der Waals surface area contributed by atoms with E-state index in [0.717, 1.165) is 11.1 Å². The maximum absolute atomic E-state index is 9.82. The van der Waals surface area contributed by atoms with Gasteiger partial charge >= 0.3 is 0 Å². The summed E-state index contributed by atoms with van der Waals surface area (Å²) < 4.78 is 5.35. The first kappa shape index (κ1) is 14.9. The molecule has 0 saturated heterocycles. The summed E-state index contributed by atoms with van der Waals surface area (Å²) in [6.07, 6.45) is 3.20. The lowest BCUT2D eigenvalue weighted by molar-refractivity contribution is 0.192. The lowest BCUT2D eigenvalue weighted by atomic mass is 10.2. The Hall–Kier alpha value is -2.52. The quantitative estimate of drug-likeness (QED) is 0.616. The minimum atomic E-state index is 0.187. The van der Waals surface area contributed by atoms with Crippen LogP contribution >= 0.6 is 0 Å². The fourth-order valence-corrected chi connectivity index (χ4v) is 1.80. The van der Waals surface area contributed by atoms with Crippen LogP contribution in [-0.2, 0) is 4.74 Å². The van der Waals surface area contributed by atoms with Crippen molar-refractivity contribution in [2.45, 2.75) is 0 Å². The van der Waals surface area contributed by atoms with Crippen molar-refractivity contribution < 1.29 is 14.9 Å². The lowest BCUT2D eigenvalue weighted by Gasteiger charge is -2.02. The van der Waals surface area contributed by atoms with E-state index in [0.29, 0.717) is 0 Å². The Balaban J connectivity index is 1.80. The van der Waals surface area contributed by atoms with E-state index in [1.807, 2.05) is 60.7 Å². The fourth-order valence-electron chi connectivity index (χ4n) is 1.80. The van der Waals surface area contributed by atoms with Crippen molar-refractivity contribution in [3.63, 3.8) is 0 Å². The zero-order valence-electron chi connectivity index (χ0n) is 11.6. The Morgan fingerprint density at radius 2 is 1.10 bits per heavy atom. The van der Waals surface area contributed by atoms with Crippen LogP contribution in [0.1, 0.15) is 11.1 Å². The van der Waals surface area contributed by atoms with Gasteiger partial charge in [0.1, 0.15) is 11.5 Å². The van der Waals surface area contributed by atoms with Gasteiger partial charge in [0, 0.05) is 11.1 Å². The van der Waals surface area contributed by atoms with Crippen molar-refractivity contribution in [2.24, 2.45) is 0 Å². The van der Waals surface area contributed by atoms with Crippen molar-refractivity contribution >= 4 is 11.5 Å². The molecule has 0 aliphatic rings. The second kappa shape index (κ2) is 7.92. The van der Waals surface area contributed by atoms with Gasteiger partial charge < -0.3 is 14.9 Å². The molecule has 3 heteroatoms. The highest BCUT2D eigenvalue weighted by molar-refractivity contribution is 5.58. The molecule has 2 N–H and O–H groups in total. The standard InChI is InChI=1S/C18H18O3/c19-17(15-7-3-1-4-8-15)11-13-21-14-12-18(20)16-9-5-2-6-10-16/h1-12,19-20H,13-14H2. The van der Waals surface area contributed by atoms with Crippen LogP contribution in [0.25, 0.3) is 11.5 Å². The van der Waals surface area contributed by atoms with Crippen LogP contribution in [0, 0.1) is 0 Å². The SMILES string of the molecule is OC(=CCOCC=C(O)c1ccccc1)c1ccccc1. The number of hydrogen-bond donors (Lipinski definition) is 2. The number of aliphatic hydroxyl groups excluding tert-OH is 2. The molecular weight excluding hydrogens is 264 g/mol. The van der Waals surface area contributed by atoms with E-state index in [1.54, 1.807) is 12.2 Å². The van der Waals surface area contributed by atoms with Crippen LogP contribution < -0.4 is 0 Å². The molecule has 0 fully saturated rings. The smallest absolute Gasteiger partial charge is 0.121 e. The molecule has 0 heterocycles. The summed E-state index contributed by atoms with van der Waals surface area (Å²) >= 11 is 0. The van der Waals surface area contributed by atoms with Crippen molar-refractivity contribution in [1.82, 2.24) is 0 Å². The summed E-state index contributed by atoms with van der Waals surface area (Å²) in [7, 11) is 0. The Labute approximate surface area is 124 Å². The van der Waals surface area contributed by atoms with Crippen LogP contribution in [0.2, 0.25) is 0 Å². The summed E-state index contributed by atoms with van der Waals surface area (Å²) in [4.78, 5) is 0. The molecule has 0 unspecified atom stereocenters. The molecule has 2 aromatic rings. The number of aliphatic hydroxyl groups is 2. The summed E-state index contributed by atoms with van der Waals surface area (Å²) in [5.74, 6) is 0.374. The molecule has 21 heavy (non-hydrogen) atoms. The summed E-state index contributed by atoms with van der Waals surface area (Å²) in [5, 5.41) is 19.6. The average molecular weight is 282 g/mol. The Morgan fingerprint density at radius 3 is 1.48 bits per heavy atom. The van der Waals surface area contributed by atoms with Gasteiger partial charge in [-0.2, -0.15) is 0 Å². The molecule has 0 bridgehead atoms. The first-order valence-corrected chi connectivity index (χ1v) is 6.74. The van der Waals surface area contributed by atoms with Crippen LogP contribution in [0.15, 0.2) is 72.8 Å². The molecule has 0 radical (unpaired) electrons. The Morgan fingerprint density at radius 1 is 0.714 bits per heavy atom. The molecule has 108 valence electrons. The highest BCUT2D eigenvalue weighted by atomic mass is 16.5. The third kappa shape index (κ3) is 4.82. The number of ether oxygens (including phenoxy) is 1. The molecule has 0 spiro atoms. The maximum Gasteiger partial charge on any atom is 0.121 e. The minimum Gasteiger partial charge on any atom is -0.508 e.